The molecule has 3 N–H and O–H groups in total. The van der Waals surface area contributed by atoms with Crippen LogP contribution in [-0.4, -0.2) is 27.8 Å². The third-order valence-electron chi connectivity index (χ3n) is 4.29. The fourth-order valence-electron chi connectivity index (χ4n) is 3.02. The number of hydrogen-bond donors (Lipinski definition) is 3. The molecule has 1 fully saturated rings. The molecule has 2 amide bonds. The Morgan fingerprint density at radius 3 is 2.27 bits per heavy atom. The summed E-state index contributed by atoms with van der Waals surface area (Å²) in [7, 11) is 0. The molecule has 1 aromatic carbocycles. The molecule has 1 heterocycles. The molecule has 1 aromatic heterocycles. The van der Waals surface area contributed by atoms with Gasteiger partial charge in [0.05, 0.1) is 0 Å². The second-order valence-corrected chi connectivity index (χ2v) is 6.46. The molecule has 0 bridgehead atoms. The molecule has 1 aliphatic carbocycles. The molecule has 0 aliphatic heterocycles. The van der Waals surface area contributed by atoms with E-state index in [1.54, 1.807) is 36.5 Å². The third-order valence-corrected chi connectivity index (χ3v) is 4.29. The van der Waals surface area contributed by atoms with E-state index in [1.165, 1.54) is 26.2 Å². The standard InChI is InChI=1S/C19H23N5O2/c1-13(25)21-15-7-9-16(10-8-15)22-18(26)17-11-12-20-19(24-17)23-14-5-3-2-4-6-14/h7-12,14H,2-6H2,1H3,(H,21,25)(H,22,26)(H,20,23,24). The maximum absolute atomic E-state index is 12.4. The lowest BCUT2D eigenvalue weighted by atomic mass is 9.96. The van der Waals surface area contributed by atoms with Gasteiger partial charge in [-0.25, -0.2) is 9.97 Å². The van der Waals surface area contributed by atoms with E-state index < -0.39 is 0 Å². The zero-order valence-corrected chi connectivity index (χ0v) is 14.8. The Morgan fingerprint density at radius 2 is 1.62 bits per heavy atom. The lowest BCUT2D eigenvalue weighted by Gasteiger charge is -2.22. The molecule has 0 spiro atoms. The Kier molecular flexibility index (Phi) is 5.78. The Labute approximate surface area is 152 Å². The van der Waals surface area contributed by atoms with E-state index in [4.69, 9.17) is 0 Å². The van der Waals surface area contributed by atoms with Crippen molar-refractivity contribution in [3.63, 3.8) is 0 Å². The highest BCUT2D eigenvalue weighted by Gasteiger charge is 2.15. The quantitative estimate of drug-likeness (QED) is 0.765. The number of carbonyl (C=O) groups excluding carboxylic acids is 2. The average Bonchev–Trinajstić information content (AvgIpc) is 2.64. The summed E-state index contributed by atoms with van der Waals surface area (Å²) in [5, 5.41) is 8.81. The minimum absolute atomic E-state index is 0.138. The van der Waals surface area contributed by atoms with Crippen molar-refractivity contribution in [2.75, 3.05) is 16.0 Å². The molecule has 26 heavy (non-hydrogen) atoms. The summed E-state index contributed by atoms with van der Waals surface area (Å²) in [4.78, 5) is 32.0. The van der Waals surface area contributed by atoms with E-state index in [-0.39, 0.29) is 11.8 Å². The van der Waals surface area contributed by atoms with Crippen LogP contribution in [0.25, 0.3) is 0 Å². The van der Waals surface area contributed by atoms with Gasteiger partial charge in [-0.05, 0) is 43.2 Å². The maximum Gasteiger partial charge on any atom is 0.274 e. The van der Waals surface area contributed by atoms with Gasteiger partial charge in [-0.1, -0.05) is 19.3 Å². The van der Waals surface area contributed by atoms with Crippen LogP contribution in [0.2, 0.25) is 0 Å². The third kappa shape index (κ3) is 5.02. The van der Waals surface area contributed by atoms with Crippen molar-refractivity contribution in [2.24, 2.45) is 0 Å². The van der Waals surface area contributed by atoms with Gasteiger partial charge < -0.3 is 16.0 Å². The van der Waals surface area contributed by atoms with Crippen molar-refractivity contribution in [1.82, 2.24) is 9.97 Å². The van der Waals surface area contributed by atoms with Gasteiger partial charge in [-0.15, -0.1) is 0 Å². The Hall–Kier alpha value is -2.96. The fourth-order valence-corrected chi connectivity index (χ4v) is 3.02. The first-order valence-corrected chi connectivity index (χ1v) is 8.89. The van der Waals surface area contributed by atoms with E-state index in [9.17, 15) is 9.59 Å². The number of anilines is 3. The molecule has 0 saturated heterocycles. The van der Waals surface area contributed by atoms with Crippen LogP contribution in [-0.2, 0) is 4.79 Å². The smallest absolute Gasteiger partial charge is 0.274 e. The molecule has 0 atom stereocenters. The van der Waals surface area contributed by atoms with Gasteiger partial charge in [0.15, 0.2) is 0 Å². The first-order chi connectivity index (χ1) is 12.6. The van der Waals surface area contributed by atoms with Gasteiger partial charge in [0.25, 0.3) is 5.91 Å². The van der Waals surface area contributed by atoms with Crippen LogP contribution in [0.3, 0.4) is 0 Å². The van der Waals surface area contributed by atoms with Crippen LogP contribution in [0.5, 0.6) is 0 Å². The van der Waals surface area contributed by atoms with E-state index in [2.05, 4.69) is 25.9 Å². The van der Waals surface area contributed by atoms with Crippen LogP contribution in [0.4, 0.5) is 17.3 Å². The first kappa shape index (κ1) is 17.8. The summed E-state index contributed by atoms with van der Waals surface area (Å²) in [5.74, 6) is 0.0534. The minimum atomic E-state index is -0.300. The lowest BCUT2D eigenvalue weighted by molar-refractivity contribution is -0.114. The van der Waals surface area contributed by atoms with Gasteiger partial charge in [-0.3, -0.25) is 9.59 Å². The highest BCUT2D eigenvalue weighted by Crippen LogP contribution is 2.20. The van der Waals surface area contributed by atoms with Crippen molar-refractivity contribution in [3.8, 4) is 0 Å². The van der Waals surface area contributed by atoms with Crippen molar-refractivity contribution in [3.05, 3.63) is 42.2 Å². The predicted octanol–water partition coefficient (Wildman–Crippen LogP) is 3.43. The molecular weight excluding hydrogens is 330 g/mol. The van der Waals surface area contributed by atoms with Crippen LogP contribution in [0.15, 0.2) is 36.5 Å². The zero-order chi connectivity index (χ0) is 18.4. The summed E-state index contributed by atoms with van der Waals surface area (Å²) in [6.45, 7) is 1.45. The molecule has 0 radical (unpaired) electrons. The van der Waals surface area contributed by atoms with Crippen molar-refractivity contribution < 1.29 is 9.59 Å². The summed E-state index contributed by atoms with van der Waals surface area (Å²) in [5.41, 5.74) is 1.62. The summed E-state index contributed by atoms with van der Waals surface area (Å²) in [6, 6.07) is 8.88. The average molecular weight is 353 g/mol. The molecule has 1 aliphatic rings. The van der Waals surface area contributed by atoms with Crippen molar-refractivity contribution in [1.29, 1.82) is 0 Å². The van der Waals surface area contributed by atoms with Crippen LogP contribution in [0, 0.1) is 0 Å². The number of rotatable bonds is 5. The monoisotopic (exact) mass is 353 g/mol. The van der Waals surface area contributed by atoms with Crippen LogP contribution >= 0.6 is 0 Å². The number of amides is 2. The topological polar surface area (TPSA) is 96.0 Å². The van der Waals surface area contributed by atoms with E-state index >= 15 is 0 Å². The zero-order valence-electron chi connectivity index (χ0n) is 14.8. The number of benzene rings is 1. The number of hydrogen-bond acceptors (Lipinski definition) is 5. The van der Waals surface area contributed by atoms with E-state index in [0.717, 1.165) is 12.8 Å². The van der Waals surface area contributed by atoms with Crippen LogP contribution < -0.4 is 16.0 Å². The fraction of sp³-hybridized carbons (Fsp3) is 0.368. The van der Waals surface area contributed by atoms with Gasteiger partial charge >= 0.3 is 0 Å². The molecule has 1 saturated carbocycles. The summed E-state index contributed by atoms with van der Waals surface area (Å²) in [6.07, 6.45) is 7.52. The van der Waals surface area contributed by atoms with Gasteiger partial charge in [-0.2, -0.15) is 0 Å². The van der Waals surface area contributed by atoms with Crippen LogP contribution in [0.1, 0.15) is 49.5 Å². The number of nitrogens with zero attached hydrogens (tertiary/aromatic N) is 2. The molecule has 7 nitrogen and oxygen atoms in total. The lowest BCUT2D eigenvalue weighted by Crippen LogP contribution is -2.24. The predicted molar refractivity (Wildman–Crippen MR) is 101 cm³/mol. The first-order valence-electron chi connectivity index (χ1n) is 8.89. The highest BCUT2D eigenvalue weighted by molar-refractivity contribution is 6.03. The molecular formula is C19H23N5O2. The minimum Gasteiger partial charge on any atom is -0.351 e. The molecule has 136 valence electrons. The Bertz CT molecular complexity index is 770. The van der Waals surface area contributed by atoms with Gasteiger partial charge in [0.1, 0.15) is 5.69 Å². The second kappa shape index (κ2) is 8.42. The highest BCUT2D eigenvalue weighted by atomic mass is 16.2. The number of nitrogens with one attached hydrogen (secondary N) is 3. The summed E-state index contributed by atoms with van der Waals surface area (Å²) >= 11 is 0. The Morgan fingerprint density at radius 1 is 0.962 bits per heavy atom. The van der Waals surface area contributed by atoms with Crippen molar-refractivity contribution >= 4 is 29.1 Å². The van der Waals surface area contributed by atoms with E-state index in [0.29, 0.717) is 29.1 Å². The molecule has 2 aromatic rings. The van der Waals surface area contributed by atoms with Gasteiger partial charge in [0.2, 0.25) is 11.9 Å². The molecule has 3 rings (SSSR count). The Balaban J connectivity index is 1.62. The normalized spacial score (nSPS) is 14.5. The maximum atomic E-state index is 12.4. The number of carbonyl (C=O) groups is 2. The SMILES string of the molecule is CC(=O)Nc1ccc(NC(=O)c2ccnc(NC3CCCCC3)n2)cc1. The summed E-state index contributed by atoms with van der Waals surface area (Å²) < 4.78 is 0. The number of aromatic nitrogens is 2. The molecule has 0 unspecified atom stereocenters. The van der Waals surface area contributed by atoms with E-state index in [1.807, 2.05) is 0 Å². The largest absolute Gasteiger partial charge is 0.351 e. The van der Waals surface area contributed by atoms with Gasteiger partial charge in [0, 0.05) is 30.5 Å². The van der Waals surface area contributed by atoms with Crippen molar-refractivity contribution in [2.45, 2.75) is 45.1 Å². The second-order valence-electron chi connectivity index (χ2n) is 6.46. The molecule has 7 heteroatoms.